The third kappa shape index (κ3) is 4.18. The summed E-state index contributed by atoms with van der Waals surface area (Å²) in [6.07, 6.45) is 3.08. The maximum Gasteiger partial charge on any atom is 0.260 e. The Morgan fingerprint density at radius 1 is 1.06 bits per heavy atom. The molecule has 0 bridgehead atoms. The summed E-state index contributed by atoms with van der Waals surface area (Å²) in [7, 11) is 3.99. The summed E-state index contributed by atoms with van der Waals surface area (Å²) >= 11 is 0. The van der Waals surface area contributed by atoms with Gasteiger partial charge in [0.15, 0.2) is 0 Å². The van der Waals surface area contributed by atoms with Crippen LogP contribution in [-0.4, -0.2) is 39.6 Å². The van der Waals surface area contributed by atoms with Crippen molar-refractivity contribution in [1.29, 1.82) is 0 Å². The van der Waals surface area contributed by atoms with E-state index >= 15 is 0 Å². The van der Waals surface area contributed by atoms with Crippen molar-refractivity contribution in [3.63, 3.8) is 0 Å². The van der Waals surface area contributed by atoms with Crippen LogP contribution in [0.5, 0.6) is 0 Å². The van der Waals surface area contributed by atoms with Crippen molar-refractivity contribution >= 4 is 17.4 Å². The van der Waals surface area contributed by atoms with Gasteiger partial charge in [-0.3, -0.25) is 4.79 Å². The van der Waals surface area contributed by atoms with Crippen LogP contribution in [0.2, 0.25) is 0 Å². The standard InChI is InChI=1S/C23H23FN6O/c1-16-19(14-26-30(16)21-7-5-4-6-20(21)24)23(31)27-22-12-13-25-29(22)15-17-8-10-18(11-9-17)28(2)3/h4-14H,15H2,1-3H3,(H,27,31). The zero-order chi connectivity index (χ0) is 22.0. The maximum absolute atomic E-state index is 14.1. The predicted molar refractivity (Wildman–Crippen MR) is 118 cm³/mol. The molecule has 0 saturated carbocycles. The number of nitrogens with one attached hydrogen (secondary N) is 1. The number of amides is 1. The highest BCUT2D eigenvalue weighted by molar-refractivity contribution is 6.04. The molecule has 0 radical (unpaired) electrons. The first-order valence-electron chi connectivity index (χ1n) is 9.83. The van der Waals surface area contributed by atoms with E-state index < -0.39 is 5.82 Å². The molecule has 0 fully saturated rings. The van der Waals surface area contributed by atoms with Crippen LogP contribution < -0.4 is 10.2 Å². The fourth-order valence-corrected chi connectivity index (χ4v) is 3.32. The number of para-hydroxylation sites is 1. The molecule has 0 saturated heterocycles. The minimum Gasteiger partial charge on any atom is -0.378 e. The SMILES string of the molecule is Cc1c(C(=O)Nc2ccnn2Cc2ccc(N(C)C)cc2)cnn1-c1ccccc1F. The molecule has 8 heteroatoms. The van der Waals surface area contributed by atoms with Crippen molar-refractivity contribution in [2.75, 3.05) is 24.3 Å². The van der Waals surface area contributed by atoms with E-state index in [9.17, 15) is 9.18 Å². The van der Waals surface area contributed by atoms with Crippen LogP contribution in [0, 0.1) is 12.7 Å². The van der Waals surface area contributed by atoms with Crippen LogP contribution in [0.25, 0.3) is 5.69 Å². The Hall–Kier alpha value is -3.94. The fraction of sp³-hybridized carbons (Fsp3) is 0.174. The van der Waals surface area contributed by atoms with Gasteiger partial charge in [0.2, 0.25) is 0 Å². The minimum absolute atomic E-state index is 0.297. The smallest absolute Gasteiger partial charge is 0.260 e. The van der Waals surface area contributed by atoms with Crippen molar-refractivity contribution in [2.45, 2.75) is 13.5 Å². The van der Waals surface area contributed by atoms with Crippen LogP contribution in [0.15, 0.2) is 67.0 Å². The van der Waals surface area contributed by atoms with Crippen molar-refractivity contribution in [3.8, 4) is 5.69 Å². The van der Waals surface area contributed by atoms with Crippen molar-refractivity contribution < 1.29 is 9.18 Å². The van der Waals surface area contributed by atoms with Crippen molar-refractivity contribution in [2.24, 2.45) is 0 Å². The second-order valence-corrected chi connectivity index (χ2v) is 7.40. The Bertz CT molecular complexity index is 1210. The van der Waals surface area contributed by atoms with Gasteiger partial charge in [-0.15, -0.1) is 0 Å². The summed E-state index contributed by atoms with van der Waals surface area (Å²) in [5.74, 6) is -0.163. The van der Waals surface area contributed by atoms with Crippen LogP contribution >= 0.6 is 0 Å². The molecule has 4 aromatic rings. The van der Waals surface area contributed by atoms with Crippen LogP contribution in [0.1, 0.15) is 21.6 Å². The fourth-order valence-electron chi connectivity index (χ4n) is 3.32. The van der Waals surface area contributed by atoms with E-state index in [2.05, 4.69) is 15.5 Å². The van der Waals surface area contributed by atoms with E-state index in [0.29, 0.717) is 29.3 Å². The minimum atomic E-state index is -0.404. The van der Waals surface area contributed by atoms with E-state index in [1.807, 2.05) is 43.3 Å². The number of carbonyl (C=O) groups is 1. The lowest BCUT2D eigenvalue weighted by Gasteiger charge is -2.13. The molecule has 31 heavy (non-hydrogen) atoms. The van der Waals surface area contributed by atoms with Gasteiger partial charge in [-0.2, -0.15) is 10.2 Å². The summed E-state index contributed by atoms with van der Waals surface area (Å²) < 4.78 is 17.3. The Balaban J connectivity index is 1.52. The molecule has 0 aliphatic heterocycles. The highest BCUT2D eigenvalue weighted by Gasteiger charge is 2.18. The number of nitrogens with zero attached hydrogens (tertiary/aromatic N) is 5. The molecule has 0 atom stereocenters. The lowest BCUT2D eigenvalue weighted by Crippen LogP contribution is -2.17. The predicted octanol–water partition coefficient (Wildman–Crippen LogP) is 3.88. The van der Waals surface area contributed by atoms with E-state index in [0.717, 1.165) is 11.3 Å². The summed E-state index contributed by atoms with van der Waals surface area (Å²) in [4.78, 5) is 14.9. The quantitative estimate of drug-likeness (QED) is 0.516. The first-order chi connectivity index (χ1) is 14.9. The third-order valence-electron chi connectivity index (χ3n) is 5.08. The molecule has 2 heterocycles. The number of aromatic nitrogens is 4. The summed E-state index contributed by atoms with van der Waals surface area (Å²) in [6.45, 7) is 2.25. The Labute approximate surface area is 179 Å². The van der Waals surface area contributed by atoms with Gasteiger partial charge in [-0.25, -0.2) is 13.8 Å². The average Bonchev–Trinajstić information content (AvgIpc) is 3.35. The normalized spacial score (nSPS) is 10.8. The highest BCUT2D eigenvalue weighted by atomic mass is 19.1. The van der Waals surface area contributed by atoms with Gasteiger partial charge in [0.1, 0.15) is 17.3 Å². The Morgan fingerprint density at radius 2 is 1.81 bits per heavy atom. The van der Waals surface area contributed by atoms with Gasteiger partial charge < -0.3 is 10.2 Å². The third-order valence-corrected chi connectivity index (χ3v) is 5.08. The van der Waals surface area contributed by atoms with Gasteiger partial charge in [-0.05, 0) is 36.8 Å². The number of hydrogen-bond donors (Lipinski definition) is 1. The average molecular weight is 418 g/mol. The second-order valence-electron chi connectivity index (χ2n) is 7.40. The zero-order valence-electron chi connectivity index (χ0n) is 17.6. The van der Waals surface area contributed by atoms with Crippen molar-refractivity contribution in [1.82, 2.24) is 19.6 Å². The molecule has 0 aliphatic rings. The molecule has 7 nitrogen and oxygen atoms in total. The molecule has 0 aliphatic carbocycles. The molecular formula is C23H23FN6O. The van der Waals surface area contributed by atoms with Gasteiger partial charge >= 0.3 is 0 Å². The Morgan fingerprint density at radius 3 is 2.52 bits per heavy atom. The number of hydrogen-bond acceptors (Lipinski definition) is 4. The lowest BCUT2D eigenvalue weighted by atomic mass is 10.2. The number of carbonyl (C=O) groups excluding carboxylic acids is 1. The molecule has 4 rings (SSSR count). The second kappa shape index (κ2) is 8.43. The molecule has 1 N–H and O–H groups in total. The van der Waals surface area contributed by atoms with Crippen LogP contribution in [0.4, 0.5) is 15.9 Å². The maximum atomic E-state index is 14.1. The van der Waals surface area contributed by atoms with Gasteiger partial charge in [0.25, 0.3) is 5.91 Å². The molecule has 158 valence electrons. The summed E-state index contributed by atoms with van der Waals surface area (Å²) in [5, 5.41) is 11.4. The van der Waals surface area contributed by atoms with Gasteiger partial charge in [0, 0.05) is 25.8 Å². The van der Waals surface area contributed by atoms with Crippen molar-refractivity contribution in [3.05, 3.63) is 89.6 Å². The van der Waals surface area contributed by atoms with Crippen LogP contribution in [0.3, 0.4) is 0 Å². The van der Waals surface area contributed by atoms with E-state index in [1.54, 1.807) is 42.1 Å². The molecule has 0 unspecified atom stereocenters. The first-order valence-corrected chi connectivity index (χ1v) is 9.83. The van der Waals surface area contributed by atoms with Gasteiger partial charge in [0.05, 0.1) is 30.2 Å². The molecule has 1 amide bonds. The number of halogens is 1. The monoisotopic (exact) mass is 418 g/mol. The number of benzene rings is 2. The topological polar surface area (TPSA) is 68.0 Å². The van der Waals surface area contributed by atoms with E-state index in [1.165, 1.54) is 16.9 Å². The largest absolute Gasteiger partial charge is 0.378 e. The molecule has 2 aromatic heterocycles. The summed E-state index contributed by atoms with van der Waals surface area (Å²) in [6, 6.07) is 16.2. The van der Waals surface area contributed by atoms with E-state index in [-0.39, 0.29) is 5.91 Å². The molecule has 2 aromatic carbocycles. The Kier molecular flexibility index (Phi) is 5.53. The number of rotatable bonds is 6. The van der Waals surface area contributed by atoms with Crippen LogP contribution in [-0.2, 0) is 6.54 Å². The highest BCUT2D eigenvalue weighted by Crippen LogP contribution is 2.19. The van der Waals surface area contributed by atoms with Gasteiger partial charge in [-0.1, -0.05) is 24.3 Å². The van der Waals surface area contributed by atoms with E-state index in [4.69, 9.17) is 0 Å². The molecule has 0 spiro atoms. The lowest BCUT2D eigenvalue weighted by molar-refractivity contribution is 0.102. The first kappa shape index (κ1) is 20.3. The number of anilines is 2. The summed E-state index contributed by atoms with van der Waals surface area (Å²) in [5.41, 5.74) is 3.39. The molecular weight excluding hydrogens is 395 g/mol. The zero-order valence-corrected chi connectivity index (χ0v) is 17.6.